The van der Waals surface area contributed by atoms with Crippen molar-refractivity contribution in [1.82, 2.24) is 14.9 Å². The van der Waals surface area contributed by atoms with E-state index in [9.17, 15) is 10.0 Å². The number of imide groups is 2. The highest BCUT2D eigenvalue weighted by Crippen LogP contribution is 2.54. The van der Waals surface area contributed by atoms with Crippen LogP contribution >= 0.6 is 0 Å². The van der Waals surface area contributed by atoms with Crippen molar-refractivity contribution in [3.63, 3.8) is 0 Å². The minimum absolute atomic E-state index is 0.232. The molecule has 0 atom stereocenters. The lowest BCUT2D eigenvalue weighted by atomic mass is 9.77. The fourth-order valence-electron chi connectivity index (χ4n) is 12.9. The molecule has 3 heterocycles. The molecule has 7 aromatic rings. The van der Waals surface area contributed by atoms with Crippen LogP contribution in [0.2, 0.25) is 0 Å². The molecule has 1 saturated heterocycles. The summed E-state index contributed by atoms with van der Waals surface area (Å²) in [6.07, 6.45) is 6.63. The molecule has 415 valence electrons. The summed E-state index contributed by atoms with van der Waals surface area (Å²) in [4.78, 5) is 64.1. The van der Waals surface area contributed by atoms with Gasteiger partial charge in [0.15, 0.2) is 0 Å². The van der Waals surface area contributed by atoms with Gasteiger partial charge in [-0.1, -0.05) is 146 Å². The summed E-state index contributed by atoms with van der Waals surface area (Å²) >= 11 is 0. The molecule has 10 rings (SSSR count). The highest BCUT2D eigenvalue weighted by Gasteiger charge is 2.51. The van der Waals surface area contributed by atoms with Gasteiger partial charge in [-0.3, -0.25) is 29.0 Å². The number of nitrogens with zero attached hydrogens (tertiary/aromatic N) is 3. The fraction of sp³-hybridized carbons (Fsp3) is 0.478. The molecule has 0 unspecified atom stereocenters. The van der Waals surface area contributed by atoms with Crippen molar-refractivity contribution >= 4 is 66.7 Å². The highest BCUT2D eigenvalue weighted by atomic mass is 16.5. The molecule has 3 aliphatic rings. The number of unbranched alkanes of at least 4 members (excludes halogenated alkanes) is 5. The van der Waals surface area contributed by atoms with E-state index in [1.54, 1.807) is 6.07 Å². The standard InChI is InChI=1S/C69H82N3O7/c1-18-19-20-21-22-23-28-70-60(73)48-26-24-46-57-53(79-45-33-41(66(8,9)10)30-42(34-45)67(11,12)13)36-51-55-49(62(75)71(63(51)76)43-37-68(14,15)72(77)69(16,17)38-43)27-25-47(59(55)57)56-52(35-50(61(70)74)54(48)58(46)56)78-44-31-39(64(2,3)4)29-40(32-44)65(5,6)7/h24-27,29-36,43H,18-23,28,37-38H2,1-17H3. The lowest BCUT2D eigenvalue weighted by Crippen LogP contribution is -2.64. The average Bonchev–Trinajstić information content (AvgIpc) is 3.46. The smallest absolute Gasteiger partial charge is 0.261 e. The second-order valence-corrected chi connectivity index (χ2v) is 28.6. The van der Waals surface area contributed by atoms with Crippen molar-refractivity contribution in [2.45, 2.75) is 208 Å². The Balaban J connectivity index is 1.30. The largest absolute Gasteiger partial charge is 0.457 e. The first-order valence-electron chi connectivity index (χ1n) is 28.9. The molecule has 0 aromatic heterocycles. The predicted octanol–water partition coefficient (Wildman–Crippen LogP) is 17.4. The zero-order chi connectivity index (χ0) is 57.4. The van der Waals surface area contributed by atoms with Crippen LogP contribution in [0, 0.1) is 0 Å². The van der Waals surface area contributed by atoms with E-state index in [1.165, 1.54) is 9.80 Å². The van der Waals surface area contributed by atoms with Gasteiger partial charge in [-0.15, -0.1) is 10.3 Å². The van der Waals surface area contributed by atoms with Crippen LogP contribution < -0.4 is 9.47 Å². The van der Waals surface area contributed by atoms with E-state index in [1.807, 2.05) is 58.0 Å². The molecule has 10 heteroatoms. The Kier molecular flexibility index (Phi) is 13.6. The number of rotatable bonds is 12. The molecule has 1 radical (unpaired) electrons. The predicted molar refractivity (Wildman–Crippen MR) is 318 cm³/mol. The number of carbonyl (C=O) groups excluding carboxylic acids is 4. The van der Waals surface area contributed by atoms with Crippen molar-refractivity contribution in [2.24, 2.45) is 0 Å². The summed E-state index contributed by atoms with van der Waals surface area (Å²) in [5, 5.41) is 19.8. The number of fused-ring (bicyclic) bond motifs is 2. The monoisotopic (exact) mass is 1060 g/mol. The van der Waals surface area contributed by atoms with Gasteiger partial charge in [0.1, 0.15) is 23.0 Å². The van der Waals surface area contributed by atoms with Crippen molar-refractivity contribution in [1.29, 1.82) is 0 Å². The van der Waals surface area contributed by atoms with E-state index in [0.29, 0.717) is 114 Å². The molecule has 7 aromatic carbocycles. The Morgan fingerprint density at radius 2 is 0.823 bits per heavy atom. The highest BCUT2D eigenvalue weighted by molar-refractivity contribution is 6.43. The van der Waals surface area contributed by atoms with Gasteiger partial charge in [0.25, 0.3) is 23.6 Å². The van der Waals surface area contributed by atoms with Crippen LogP contribution in [0.15, 0.2) is 72.8 Å². The lowest BCUT2D eigenvalue weighted by molar-refractivity contribution is -0.292. The molecule has 0 bridgehead atoms. The first-order valence-corrected chi connectivity index (χ1v) is 28.9. The van der Waals surface area contributed by atoms with Gasteiger partial charge >= 0.3 is 0 Å². The number of hydrogen-bond acceptors (Lipinski definition) is 7. The molecule has 0 aliphatic carbocycles. The summed E-state index contributed by atoms with van der Waals surface area (Å²) in [5.74, 6) is 0.411. The molecule has 3 aliphatic heterocycles. The Labute approximate surface area is 468 Å². The number of hydroxylamine groups is 2. The van der Waals surface area contributed by atoms with Crippen molar-refractivity contribution < 1.29 is 33.9 Å². The normalized spacial score (nSPS) is 17.4. The molecular formula is C69H82N3O7. The first kappa shape index (κ1) is 55.9. The first-order chi connectivity index (χ1) is 36.7. The maximum Gasteiger partial charge on any atom is 0.261 e. The summed E-state index contributed by atoms with van der Waals surface area (Å²) < 4.78 is 14.6. The summed E-state index contributed by atoms with van der Waals surface area (Å²) in [6, 6.07) is 23.4. The molecule has 4 amide bonds. The molecule has 79 heavy (non-hydrogen) atoms. The van der Waals surface area contributed by atoms with Crippen LogP contribution in [0.25, 0.3) is 43.1 Å². The third-order valence-corrected chi connectivity index (χ3v) is 17.3. The van der Waals surface area contributed by atoms with Crippen LogP contribution in [0.1, 0.15) is 233 Å². The third kappa shape index (κ3) is 9.66. The minimum Gasteiger partial charge on any atom is -0.457 e. The summed E-state index contributed by atoms with van der Waals surface area (Å²) in [5.41, 5.74) is 3.15. The Bertz CT molecular complexity index is 3580. The number of piperidine rings is 1. The Morgan fingerprint density at radius 1 is 0.456 bits per heavy atom. The van der Waals surface area contributed by atoms with E-state index < -0.39 is 28.9 Å². The number of benzene rings is 7. The van der Waals surface area contributed by atoms with Gasteiger partial charge in [0.05, 0.1) is 11.1 Å². The van der Waals surface area contributed by atoms with Crippen LogP contribution in [0.4, 0.5) is 0 Å². The van der Waals surface area contributed by atoms with Crippen LogP contribution in [0.5, 0.6) is 23.0 Å². The van der Waals surface area contributed by atoms with E-state index in [4.69, 9.17) is 9.47 Å². The lowest BCUT2D eigenvalue weighted by Gasteiger charge is -2.52. The van der Waals surface area contributed by atoms with Crippen molar-refractivity contribution in [3.05, 3.63) is 117 Å². The fourth-order valence-corrected chi connectivity index (χ4v) is 12.9. The van der Waals surface area contributed by atoms with Gasteiger partial charge < -0.3 is 9.47 Å². The van der Waals surface area contributed by atoms with E-state index >= 15 is 14.4 Å². The van der Waals surface area contributed by atoms with Crippen LogP contribution in [-0.4, -0.2) is 62.2 Å². The Morgan fingerprint density at radius 3 is 1.24 bits per heavy atom. The summed E-state index contributed by atoms with van der Waals surface area (Å²) in [6.45, 7) is 36.2. The maximum absolute atomic E-state index is 15.7. The number of carbonyl (C=O) groups is 4. The second kappa shape index (κ2) is 19.1. The zero-order valence-corrected chi connectivity index (χ0v) is 50.1. The van der Waals surface area contributed by atoms with E-state index in [0.717, 1.165) is 59.4 Å². The molecule has 0 N–H and O–H groups in total. The van der Waals surface area contributed by atoms with E-state index in [2.05, 4.69) is 126 Å². The van der Waals surface area contributed by atoms with E-state index in [-0.39, 0.29) is 33.5 Å². The third-order valence-electron chi connectivity index (χ3n) is 17.3. The molecule has 0 spiro atoms. The maximum atomic E-state index is 15.7. The van der Waals surface area contributed by atoms with Gasteiger partial charge in [-0.25, -0.2) is 0 Å². The zero-order valence-electron chi connectivity index (χ0n) is 50.1. The average molecular weight is 1070 g/mol. The topological polar surface area (TPSA) is 116 Å². The van der Waals surface area contributed by atoms with Crippen LogP contribution in [-0.2, 0) is 26.9 Å². The molecule has 1 fully saturated rings. The molecular weight excluding hydrogens is 983 g/mol. The summed E-state index contributed by atoms with van der Waals surface area (Å²) in [7, 11) is 0. The van der Waals surface area contributed by atoms with Gasteiger partial charge in [-0.05, 0) is 150 Å². The molecule has 0 saturated carbocycles. The van der Waals surface area contributed by atoms with Gasteiger partial charge in [0.2, 0.25) is 0 Å². The van der Waals surface area contributed by atoms with Crippen LogP contribution in [0.3, 0.4) is 0 Å². The minimum atomic E-state index is -0.860. The Hall–Kier alpha value is -6.36. The number of hydrogen-bond donors (Lipinski definition) is 0. The van der Waals surface area contributed by atoms with Crippen molar-refractivity contribution in [3.8, 4) is 23.0 Å². The molecule has 10 nitrogen and oxygen atoms in total. The SMILES string of the molecule is CCCCCCCCN1C(=O)c2ccc3c4c(Oc5cc(C(C)(C)C)cc(C(C)(C)C)c5)cc5c6c(ccc(c7c(Oc8cc(C(C)(C)C)cc(C(C)(C)C)c8)cc(c2c37)C1=O)c64)C(=O)N(C1CC(C)(C)N([O])C(C)(C)C1)C5=O. The second-order valence-electron chi connectivity index (χ2n) is 28.6. The van der Waals surface area contributed by atoms with Gasteiger partial charge in [0, 0.05) is 67.1 Å². The quantitative estimate of drug-likeness (QED) is 0.0518. The van der Waals surface area contributed by atoms with Crippen molar-refractivity contribution in [2.75, 3.05) is 6.54 Å². The number of amides is 4. The number of ether oxygens (including phenoxy) is 2. The van der Waals surface area contributed by atoms with Gasteiger partial charge in [-0.2, -0.15) is 0 Å².